The summed E-state index contributed by atoms with van der Waals surface area (Å²) in [6.07, 6.45) is 1.42. The number of anilines is 2. The zero-order valence-electron chi connectivity index (χ0n) is 11.4. The molecule has 1 amide bonds. The van der Waals surface area contributed by atoms with Crippen molar-refractivity contribution in [2.45, 2.75) is 19.8 Å². The van der Waals surface area contributed by atoms with Crippen molar-refractivity contribution in [3.8, 4) is 0 Å². The average molecular weight is 249 g/mol. The Kier molecular flexibility index (Phi) is 5.65. The third-order valence-corrected chi connectivity index (χ3v) is 3.05. The van der Waals surface area contributed by atoms with Crippen molar-refractivity contribution < 1.29 is 4.79 Å². The summed E-state index contributed by atoms with van der Waals surface area (Å²) in [6.45, 7) is 2.61. The molecule has 0 aliphatic heterocycles. The highest BCUT2D eigenvalue weighted by Crippen LogP contribution is 2.16. The van der Waals surface area contributed by atoms with E-state index in [2.05, 4.69) is 12.2 Å². The predicted molar refractivity (Wildman–Crippen MR) is 76.9 cm³/mol. The average Bonchev–Trinajstić information content (AvgIpc) is 2.36. The minimum atomic E-state index is 0.0323. The van der Waals surface area contributed by atoms with E-state index < -0.39 is 0 Å². The van der Waals surface area contributed by atoms with Crippen LogP contribution in [0.1, 0.15) is 19.8 Å². The van der Waals surface area contributed by atoms with Crippen LogP contribution in [0.2, 0.25) is 0 Å². The molecule has 0 radical (unpaired) electrons. The number of nitrogens with two attached hydrogens (primary N) is 1. The maximum Gasteiger partial charge on any atom is 0.224 e. The molecule has 100 valence electrons. The highest BCUT2D eigenvalue weighted by molar-refractivity contribution is 5.91. The first-order valence-electron chi connectivity index (χ1n) is 6.34. The summed E-state index contributed by atoms with van der Waals surface area (Å²) in [4.78, 5) is 13.8. The van der Waals surface area contributed by atoms with Crippen molar-refractivity contribution in [1.82, 2.24) is 0 Å². The minimum absolute atomic E-state index is 0.0323. The monoisotopic (exact) mass is 249 g/mol. The second kappa shape index (κ2) is 7.01. The third kappa shape index (κ3) is 4.37. The highest BCUT2D eigenvalue weighted by atomic mass is 16.1. The summed E-state index contributed by atoms with van der Waals surface area (Å²) >= 11 is 0. The number of amides is 1. The molecule has 4 nitrogen and oxygen atoms in total. The summed E-state index contributed by atoms with van der Waals surface area (Å²) in [5.74, 6) is 0.302. The summed E-state index contributed by atoms with van der Waals surface area (Å²) < 4.78 is 0. The van der Waals surface area contributed by atoms with Gasteiger partial charge in [0, 0.05) is 31.9 Å². The fourth-order valence-corrected chi connectivity index (χ4v) is 1.71. The van der Waals surface area contributed by atoms with Crippen LogP contribution < -0.4 is 16.0 Å². The lowest BCUT2D eigenvalue weighted by Crippen LogP contribution is -2.21. The molecule has 1 rings (SSSR count). The van der Waals surface area contributed by atoms with E-state index in [-0.39, 0.29) is 11.8 Å². The Morgan fingerprint density at radius 2 is 1.94 bits per heavy atom. The van der Waals surface area contributed by atoms with Gasteiger partial charge in [-0.15, -0.1) is 0 Å². The van der Waals surface area contributed by atoms with Crippen LogP contribution in [0.15, 0.2) is 24.3 Å². The van der Waals surface area contributed by atoms with E-state index in [0.29, 0.717) is 13.0 Å². The van der Waals surface area contributed by atoms with Gasteiger partial charge in [0.25, 0.3) is 0 Å². The highest BCUT2D eigenvalue weighted by Gasteiger charge is 2.10. The Hall–Kier alpha value is -1.55. The number of hydrogen-bond donors (Lipinski definition) is 2. The van der Waals surface area contributed by atoms with Gasteiger partial charge in [-0.25, -0.2) is 0 Å². The van der Waals surface area contributed by atoms with Crippen LogP contribution in [0, 0.1) is 5.92 Å². The fourth-order valence-electron chi connectivity index (χ4n) is 1.71. The lowest BCUT2D eigenvalue weighted by Gasteiger charge is -2.14. The van der Waals surface area contributed by atoms with Gasteiger partial charge in [0.1, 0.15) is 0 Å². The van der Waals surface area contributed by atoms with Crippen molar-refractivity contribution >= 4 is 17.3 Å². The van der Waals surface area contributed by atoms with E-state index >= 15 is 0 Å². The minimum Gasteiger partial charge on any atom is -0.378 e. The van der Waals surface area contributed by atoms with Gasteiger partial charge < -0.3 is 16.0 Å². The first-order valence-corrected chi connectivity index (χ1v) is 6.34. The maximum absolute atomic E-state index is 11.8. The van der Waals surface area contributed by atoms with Crippen molar-refractivity contribution in [3.63, 3.8) is 0 Å². The molecule has 4 heteroatoms. The van der Waals surface area contributed by atoms with E-state index in [4.69, 9.17) is 5.73 Å². The molecule has 0 aromatic heterocycles. The van der Waals surface area contributed by atoms with Crippen LogP contribution in [-0.2, 0) is 4.79 Å². The van der Waals surface area contributed by atoms with Crippen molar-refractivity contribution in [2.75, 3.05) is 30.9 Å². The molecule has 0 saturated heterocycles. The lowest BCUT2D eigenvalue weighted by atomic mass is 10.0. The molecule has 3 N–H and O–H groups in total. The smallest absolute Gasteiger partial charge is 0.224 e. The molecule has 0 spiro atoms. The van der Waals surface area contributed by atoms with Crippen LogP contribution >= 0.6 is 0 Å². The van der Waals surface area contributed by atoms with E-state index in [1.165, 1.54) is 0 Å². The number of hydrogen-bond acceptors (Lipinski definition) is 3. The standard InChI is InChI=1S/C14H23N3O/c1-4-11(10-15)9-14(18)16-12-5-7-13(8-6-12)17(2)3/h5-8,11H,4,9-10,15H2,1-3H3,(H,16,18). The topological polar surface area (TPSA) is 58.4 Å². The van der Waals surface area contributed by atoms with E-state index in [1.807, 2.05) is 43.3 Å². The largest absolute Gasteiger partial charge is 0.378 e. The molecule has 1 atom stereocenters. The van der Waals surface area contributed by atoms with Gasteiger partial charge in [0.05, 0.1) is 0 Å². The fraction of sp³-hybridized carbons (Fsp3) is 0.500. The lowest BCUT2D eigenvalue weighted by molar-refractivity contribution is -0.117. The van der Waals surface area contributed by atoms with Crippen LogP contribution in [0.5, 0.6) is 0 Å². The normalized spacial score (nSPS) is 12.0. The molecular weight excluding hydrogens is 226 g/mol. The Labute approximate surface area is 109 Å². The molecule has 0 saturated carbocycles. The summed E-state index contributed by atoms with van der Waals surface area (Å²) in [7, 11) is 3.97. The molecular formula is C14H23N3O. The molecule has 0 heterocycles. The third-order valence-electron chi connectivity index (χ3n) is 3.05. The molecule has 1 aromatic rings. The molecule has 0 fully saturated rings. The Balaban J connectivity index is 2.54. The Morgan fingerprint density at radius 1 is 1.33 bits per heavy atom. The summed E-state index contributed by atoms with van der Waals surface area (Å²) in [5.41, 5.74) is 7.54. The second-order valence-electron chi connectivity index (χ2n) is 4.70. The van der Waals surface area contributed by atoms with Gasteiger partial charge in [0.2, 0.25) is 5.91 Å². The number of benzene rings is 1. The number of carbonyl (C=O) groups excluding carboxylic acids is 1. The molecule has 0 aliphatic rings. The van der Waals surface area contributed by atoms with Gasteiger partial charge in [-0.05, 0) is 36.7 Å². The van der Waals surface area contributed by atoms with Crippen molar-refractivity contribution in [3.05, 3.63) is 24.3 Å². The van der Waals surface area contributed by atoms with Gasteiger partial charge >= 0.3 is 0 Å². The molecule has 0 aliphatic carbocycles. The first kappa shape index (κ1) is 14.5. The molecule has 1 unspecified atom stereocenters. The second-order valence-corrected chi connectivity index (χ2v) is 4.70. The van der Waals surface area contributed by atoms with Crippen LogP contribution in [0.25, 0.3) is 0 Å². The number of nitrogens with zero attached hydrogens (tertiary/aromatic N) is 1. The molecule has 1 aromatic carbocycles. The van der Waals surface area contributed by atoms with Crippen LogP contribution in [0.3, 0.4) is 0 Å². The summed E-state index contributed by atoms with van der Waals surface area (Å²) in [5, 5.41) is 2.89. The maximum atomic E-state index is 11.8. The van der Waals surface area contributed by atoms with Crippen molar-refractivity contribution in [1.29, 1.82) is 0 Å². The van der Waals surface area contributed by atoms with Crippen molar-refractivity contribution in [2.24, 2.45) is 11.7 Å². The molecule has 0 bridgehead atoms. The zero-order valence-corrected chi connectivity index (χ0v) is 11.4. The molecule has 18 heavy (non-hydrogen) atoms. The summed E-state index contributed by atoms with van der Waals surface area (Å²) in [6, 6.07) is 7.79. The van der Waals surface area contributed by atoms with Gasteiger partial charge in [0.15, 0.2) is 0 Å². The number of rotatable bonds is 6. The Bertz CT molecular complexity index is 369. The number of carbonyl (C=O) groups is 1. The predicted octanol–water partition coefficient (Wildman–Crippen LogP) is 2.07. The zero-order chi connectivity index (χ0) is 13.5. The SMILES string of the molecule is CCC(CN)CC(=O)Nc1ccc(N(C)C)cc1. The van der Waals surface area contributed by atoms with E-state index in [0.717, 1.165) is 17.8 Å². The van der Waals surface area contributed by atoms with Crippen LogP contribution in [0.4, 0.5) is 11.4 Å². The number of nitrogens with one attached hydrogen (secondary N) is 1. The quantitative estimate of drug-likeness (QED) is 0.811. The van der Waals surface area contributed by atoms with Crippen LogP contribution in [-0.4, -0.2) is 26.5 Å². The van der Waals surface area contributed by atoms with Gasteiger partial charge in [-0.3, -0.25) is 4.79 Å². The van der Waals surface area contributed by atoms with Gasteiger partial charge in [-0.2, -0.15) is 0 Å². The van der Waals surface area contributed by atoms with Gasteiger partial charge in [-0.1, -0.05) is 13.3 Å². The first-order chi connectivity index (χ1) is 8.56. The Morgan fingerprint density at radius 3 is 2.39 bits per heavy atom. The van der Waals surface area contributed by atoms with E-state index in [1.54, 1.807) is 0 Å². The van der Waals surface area contributed by atoms with E-state index in [9.17, 15) is 4.79 Å².